The van der Waals surface area contributed by atoms with E-state index in [1.54, 1.807) is 28.6 Å². The summed E-state index contributed by atoms with van der Waals surface area (Å²) in [6, 6.07) is 7.66. The lowest BCUT2D eigenvalue weighted by Crippen LogP contribution is -2.60. The summed E-state index contributed by atoms with van der Waals surface area (Å²) < 4.78 is 26.7. The Morgan fingerprint density at radius 2 is 1.57 bits per heavy atom. The fraction of sp³-hybridized carbons (Fsp3) is 0.556. The molecule has 5 atom stereocenters. The lowest BCUT2D eigenvalue weighted by atomic mass is 9.78. The van der Waals surface area contributed by atoms with Crippen molar-refractivity contribution in [3.05, 3.63) is 64.1 Å². The standard InChI is InChI=1S/C45H59N9O10S/c1-51-37-22-29(9-14-34(37)54(45(51)62)36-16-18-39(56)50-43(36)60)21-26-3-5-27(6-4-26)23-40(57)52-20-19-30-10-15-35(53(30)44(61)32(46)25-52)42(59)49-33(13-17-38(47)55)41(58)48-24-28-7-11-31(12-8-28)65(2,63)64/h7-9,11-12,14,22,26-27,30,32-33,35-36H,3-6,10,13,15-21,23-25,46H2,1-2H3,(H2,47,55)(H,48,58)(H,49,59)(H,50,56,60)/t26-,27+,30?,32-,33+,35-,36?/m0/s1. The number of nitrogens with zero attached hydrogens (tertiary/aromatic N) is 4. The van der Waals surface area contributed by atoms with Crippen LogP contribution in [0.15, 0.2) is 52.2 Å². The first kappa shape index (κ1) is 47.1. The number of imidazole rings is 1. The van der Waals surface area contributed by atoms with Crippen LogP contribution in [0.4, 0.5) is 0 Å². The van der Waals surface area contributed by atoms with E-state index in [0.717, 1.165) is 49.4 Å². The average molecular weight is 918 g/mol. The van der Waals surface area contributed by atoms with Gasteiger partial charge >= 0.3 is 5.69 Å². The first-order chi connectivity index (χ1) is 30.9. The van der Waals surface area contributed by atoms with E-state index in [2.05, 4.69) is 16.0 Å². The number of hydrogen-bond acceptors (Lipinski definition) is 11. The van der Waals surface area contributed by atoms with Crippen molar-refractivity contribution in [2.75, 3.05) is 19.3 Å². The van der Waals surface area contributed by atoms with Gasteiger partial charge in [0.25, 0.3) is 0 Å². The Bertz CT molecular complexity index is 2530. The zero-order valence-corrected chi connectivity index (χ0v) is 37.6. The highest BCUT2D eigenvalue weighted by molar-refractivity contribution is 7.90. The fourth-order valence-corrected chi connectivity index (χ4v) is 10.6. The number of amides is 7. The molecule has 7 amide bonds. The van der Waals surface area contributed by atoms with Gasteiger partial charge in [0, 0.05) is 58.2 Å². The van der Waals surface area contributed by atoms with Crippen molar-refractivity contribution in [3.8, 4) is 0 Å². The fourth-order valence-electron chi connectivity index (χ4n) is 9.99. The minimum Gasteiger partial charge on any atom is -0.370 e. The Morgan fingerprint density at radius 1 is 0.877 bits per heavy atom. The van der Waals surface area contributed by atoms with Gasteiger partial charge in [-0.25, -0.2) is 13.2 Å². The number of benzene rings is 2. The third kappa shape index (κ3) is 10.8. The number of primary amides is 1. The quantitative estimate of drug-likeness (QED) is 0.139. The SMILES string of the molecule is Cn1c(=O)n(C2CCC(=O)NC2=O)c2ccc(C[C@H]3CC[C@@H](CC(=O)N4CCC5CC[C@@H](C(=O)N[C@H](CCC(N)=O)C(=O)NCc6ccc(S(C)(=O)=O)cc6)N5C(=O)[C@@H](N)C4)CC3)cc21. The third-order valence-corrected chi connectivity index (χ3v) is 14.8. The summed E-state index contributed by atoms with van der Waals surface area (Å²) in [7, 11) is -1.72. The second-order valence-corrected chi connectivity index (χ2v) is 20.2. The van der Waals surface area contributed by atoms with Gasteiger partial charge < -0.3 is 31.9 Å². The molecular weight excluding hydrogens is 859 g/mol. The van der Waals surface area contributed by atoms with Crippen LogP contribution < -0.4 is 33.1 Å². The molecule has 2 aromatic carbocycles. The summed E-state index contributed by atoms with van der Waals surface area (Å²) in [6.45, 7) is 0.411. The summed E-state index contributed by atoms with van der Waals surface area (Å²) in [5, 5.41) is 7.79. The number of piperidine rings is 1. The number of fused-ring (bicyclic) bond motifs is 2. The monoisotopic (exact) mass is 917 g/mol. The van der Waals surface area contributed by atoms with Crippen molar-refractivity contribution in [3.63, 3.8) is 0 Å². The molecule has 4 aliphatic rings. The predicted octanol–water partition coefficient (Wildman–Crippen LogP) is 0.446. The van der Waals surface area contributed by atoms with Crippen LogP contribution in [0.1, 0.15) is 94.2 Å². The van der Waals surface area contributed by atoms with E-state index < -0.39 is 63.5 Å². The van der Waals surface area contributed by atoms with Crippen molar-refractivity contribution < 1.29 is 42.0 Å². The van der Waals surface area contributed by atoms with Crippen LogP contribution in [-0.2, 0) is 63.4 Å². The van der Waals surface area contributed by atoms with Crippen molar-refractivity contribution in [1.29, 1.82) is 0 Å². The second-order valence-electron chi connectivity index (χ2n) is 18.2. The number of rotatable bonds is 14. The molecule has 2 unspecified atom stereocenters. The molecule has 3 aromatic rings. The first-order valence-electron chi connectivity index (χ1n) is 22.4. The summed E-state index contributed by atoms with van der Waals surface area (Å²) in [6.07, 6.45) is 7.30. The second kappa shape index (κ2) is 19.7. The number of imide groups is 1. The molecule has 20 heteroatoms. The Labute approximate surface area is 376 Å². The molecule has 3 saturated heterocycles. The molecule has 7 N–H and O–H groups in total. The molecule has 0 bridgehead atoms. The van der Waals surface area contributed by atoms with Gasteiger partial charge in [0.15, 0.2) is 9.84 Å². The Balaban J connectivity index is 0.901. The molecule has 350 valence electrons. The molecule has 0 spiro atoms. The van der Waals surface area contributed by atoms with Gasteiger partial charge in [0.2, 0.25) is 41.4 Å². The highest BCUT2D eigenvalue weighted by atomic mass is 32.2. The summed E-state index contributed by atoms with van der Waals surface area (Å²) in [4.78, 5) is 107. The van der Waals surface area contributed by atoms with Gasteiger partial charge in [-0.15, -0.1) is 0 Å². The van der Waals surface area contributed by atoms with E-state index in [0.29, 0.717) is 49.2 Å². The lowest BCUT2D eigenvalue weighted by molar-refractivity contribution is -0.145. The molecule has 19 nitrogen and oxygen atoms in total. The highest BCUT2D eigenvalue weighted by Gasteiger charge is 2.45. The van der Waals surface area contributed by atoms with Crippen LogP contribution in [0.25, 0.3) is 11.0 Å². The van der Waals surface area contributed by atoms with Gasteiger partial charge in [0.1, 0.15) is 24.2 Å². The largest absolute Gasteiger partial charge is 0.370 e. The number of sulfone groups is 1. The zero-order chi connectivity index (χ0) is 46.7. The average Bonchev–Trinajstić information content (AvgIpc) is 3.79. The van der Waals surface area contributed by atoms with E-state index >= 15 is 0 Å². The lowest BCUT2D eigenvalue weighted by Gasteiger charge is -2.38. The van der Waals surface area contributed by atoms with Gasteiger partial charge in [-0.05, 0) is 111 Å². The molecule has 4 heterocycles. The normalized spacial score (nSPS) is 24.4. The van der Waals surface area contributed by atoms with Crippen LogP contribution in [0, 0.1) is 11.8 Å². The third-order valence-electron chi connectivity index (χ3n) is 13.6. The molecule has 7 rings (SSSR count). The minimum absolute atomic E-state index is 0.00955. The molecular formula is C45H59N9O10S. The number of hydrogen-bond donors (Lipinski definition) is 5. The maximum absolute atomic E-state index is 13.9. The van der Waals surface area contributed by atoms with Gasteiger partial charge in [-0.2, -0.15) is 0 Å². The van der Waals surface area contributed by atoms with Gasteiger partial charge in [0.05, 0.1) is 15.9 Å². The van der Waals surface area contributed by atoms with Crippen LogP contribution >= 0.6 is 0 Å². The van der Waals surface area contributed by atoms with Crippen LogP contribution in [-0.4, -0.2) is 112 Å². The summed E-state index contributed by atoms with van der Waals surface area (Å²) in [5.74, 6) is -2.54. The molecule has 0 radical (unpaired) electrons. The van der Waals surface area contributed by atoms with E-state index in [-0.39, 0.29) is 73.1 Å². The Kier molecular flexibility index (Phi) is 14.3. The van der Waals surface area contributed by atoms with E-state index in [4.69, 9.17) is 11.5 Å². The number of nitrogens with two attached hydrogens (primary N) is 2. The molecule has 4 fully saturated rings. The molecule has 1 saturated carbocycles. The van der Waals surface area contributed by atoms with Crippen molar-refractivity contribution in [2.45, 2.75) is 125 Å². The zero-order valence-electron chi connectivity index (χ0n) is 36.8. The smallest absolute Gasteiger partial charge is 0.329 e. The van der Waals surface area contributed by atoms with E-state index in [1.807, 2.05) is 18.2 Å². The Morgan fingerprint density at radius 3 is 2.25 bits per heavy atom. The Hall–Kier alpha value is -5.89. The van der Waals surface area contributed by atoms with Crippen LogP contribution in [0.3, 0.4) is 0 Å². The first-order valence-corrected chi connectivity index (χ1v) is 24.3. The van der Waals surface area contributed by atoms with E-state index in [9.17, 15) is 46.8 Å². The van der Waals surface area contributed by atoms with Crippen LogP contribution in [0.2, 0.25) is 0 Å². The highest BCUT2D eigenvalue weighted by Crippen LogP contribution is 2.35. The predicted molar refractivity (Wildman–Crippen MR) is 237 cm³/mol. The minimum atomic E-state index is -3.40. The van der Waals surface area contributed by atoms with Crippen molar-refractivity contribution in [1.82, 2.24) is 34.9 Å². The summed E-state index contributed by atoms with van der Waals surface area (Å²) >= 11 is 0. The molecule has 1 aliphatic carbocycles. The number of aromatic nitrogens is 2. The number of carbonyl (C=O) groups excluding carboxylic acids is 7. The molecule has 1 aromatic heterocycles. The summed E-state index contributed by atoms with van der Waals surface area (Å²) in [5.41, 5.74) is 14.6. The maximum Gasteiger partial charge on any atom is 0.329 e. The molecule has 65 heavy (non-hydrogen) atoms. The maximum atomic E-state index is 13.9. The van der Waals surface area contributed by atoms with Gasteiger partial charge in [-0.1, -0.05) is 18.2 Å². The number of nitrogens with one attached hydrogen (secondary N) is 3. The van der Waals surface area contributed by atoms with Crippen LogP contribution in [0.5, 0.6) is 0 Å². The number of carbonyl (C=O) groups is 7. The van der Waals surface area contributed by atoms with Gasteiger partial charge in [-0.3, -0.25) is 48.0 Å². The van der Waals surface area contributed by atoms with E-state index in [1.165, 1.54) is 21.6 Å². The van der Waals surface area contributed by atoms with Crippen molar-refractivity contribution >= 4 is 62.2 Å². The van der Waals surface area contributed by atoms with Crippen molar-refractivity contribution in [2.24, 2.45) is 30.4 Å². The topological polar surface area (TPSA) is 275 Å². The number of aryl methyl sites for hydroxylation is 1. The molecule has 3 aliphatic heterocycles.